The first-order valence-corrected chi connectivity index (χ1v) is 9.98. The van der Waals surface area contributed by atoms with Gasteiger partial charge in [0, 0.05) is 37.6 Å². The molecule has 2 aromatic heterocycles. The second-order valence-electron chi connectivity index (χ2n) is 7.21. The van der Waals surface area contributed by atoms with E-state index in [4.69, 9.17) is 17.0 Å². The zero-order valence-corrected chi connectivity index (χ0v) is 16.1. The van der Waals surface area contributed by atoms with Crippen LogP contribution in [0.2, 0.25) is 0 Å². The van der Waals surface area contributed by atoms with Crippen LogP contribution in [0.5, 0.6) is 5.75 Å². The summed E-state index contributed by atoms with van der Waals surface area (Å²) in [6, 6.07) is 8.21. The summed E-state index contributed by atoms with van der Waals surface area (Å²) in [6.45, 7) is 2.73. The van der Waals surface area contributed by atoms with Crippen LogP contribution in [0, 0.1) is 5.92 Å². The Morgan fingerprint density at radius 1 is 1.19 bits per heavy atom. The summed E-state index contributed by atoms with van der Waals surface area (Å²) in [5.41, 5.74) is 0.902. The Morgan fingerprint density at radius 2 is 2.04 bits per heavy atom. The molecule has 27 heavy (non-hydrogen) atoms. The first kappa shape index (κ1) is 18.0. The van der Waals surface area contributed by atoms with E-state index in [2.05, 4.69) is 31.6 Å². The molecule has 6 nitrogen and oxygen atoms in total. The highest BCUT2D eigenvalue weighted by atomic mass is 32.1. The molecular formula is C20H25N5OS. The number of nitrogens with zero attached hydrogens (tertiary/aromatic N) is 3. The summed E-state index contributed by atoms with van der Waals surface area (Å²) in [4.78, 5) is 10.9. The third-order valence-electron chi connectivity index (χ3n) is 4.97. The minimum Gasteiger partial charge on any atom is -0.493 e. The number of nitrogens with one attached hydrogen (secondary N) is 2. The molecule has 0 spiro atoms. The third-order valence-corrected chi connectivity index (χ3v) is 5.19. The van der Waals surface area contributed by atoms with Crippen molar-refractivity contribution in [1.82, 2.24) is 15.3 Å². The van der Waals surface area contributed by atoms with E-state index in [0.29, 0.717) is 11.2 Å². The number of pyridine rings is 2. The largest absolute Gasteiger partial charge is 0.493 e. The van der Waals surface area contributed by atoms with Crippen LogP contribution in [0.15, 0.2) is 42.9 Å². The Bertz CT molecular complexity index is 760. The molecule has 2 aliphatic rings. The molecule has 3 heterocycles. The minimum atomic E-state index is 0.368. The Balaban J connectivity index is 1.24. The van der Waals surface area contributed by atoms with Crippen molar-refractivity contribution in [3.8, 4) is 5.75 Å². The Labute approximate surface area is 165 Å². The van der Waals surface area contributed by atoms with Gasteiger partial charge in [-0.25, -0.2) is 4.98 Å². The molecule has 1 aliphatic carbocycles. The van der Waals surface area contributed by atoms with Gasteiger partial charge in [-0.15, -0.1) is 0 Å². The van der Waals surface area contributed by atoms with E-state index >= 15 is 0 Å². The molecule has 0 bridgehead atoms. The van der Waals surface area contributed by atoms with Crippen LogP contribution >= 0.6 is 12.2 Å². The lowest BCUT2D eigenvalue weighted by Gasteiger charge is -2.33. The maximum absolute atomic E-state index is 5.88. The van der Waals surface area contributed by atoms with E-state index in [9.17, 15) is 0 Å². The van der Waals surface area contributed by atoms with Crippen molar-refractivity contribution < 1.29 is 4.74 Å². The number of anilines is 2. The summed E-state index contributed by atoms with van der Waals surface area (Å²) in [6.07, 6.45) is 9.99. The van der Waals surface area contributed by atoms with Crippen LogP contribution in [0.4, 0.5) is 11.5 Å². The van der Waals surface area contributed by atoms with Crippen LogP contribution in [0.3, 0.4) is 0 Å². The number of thiocarbonyl (C=S) groups is 1. The molecule has 0 unspecified atom stereocenters. The Kier molecular flexibility index (Phi) is 5.67. The van der Waals surface area contributed by atoms with Crippen molar-refractivity contribution in [3.05, 3.63) is 42.9 Å². The molecule has 0 radical (unpaired) electrons. The first-order chi connectivity index (χ1) is 13.3. The average Bonchev–Trinajstić information content (AvgIpc) is 3.52. The van der Waals surface area contributed by atoms with Gasteiger partial charge < -0.3 is 20.3 Å². The Hall–Kier alpha value is -2.41. The smallest absolute Gasteiger partial charge is 0.171 e. The second kappa shape index (κ2) is 8.52. The molecule has 0 amide bonds. The van der Waals surface area contributed by atoms with Crippen molar-refractivity contribution in [1.29, 1.82) is 0 Å². The quantitative estimate of drug-likeness (QED) is 0.743. The molecule has 2 N–H and O–H groups in total. The van der Waals surface area contributed by atoms with Crippen molar-refractivity contribution >= 4 is 28.8 Å². The van der Waals surface area contributed by atoms with E-state index in [1.165, 1.54) is 12.8 Å². The maximum atomic E-state index is 5.88. The molecule has 2 aromatic rings. The van der Waals surface area contributed by atoms with Crippen LogP contribution in [0.25, 0.3) is 0 Å². The summed E-state index contributed by atoms with van der Waals surface area (Å²) >= 11 is 5.42. The highest BCUT2D eigenvalue weighted by molar-refractivity contribution is 7.80. The van der Waals surface area contributed by atoms with Gasteiger partial charge in [0.1, 0.15) is 11.6 Å². The van der Waals surface area contributed by atoms with E-state index in [1.807, 2.05) is 24.4 Å². The number of aromatic nitrogens is 2. The first-order valence-electron chi connectivity index (χ1n) is 9.57. The monoisotopic (exact) mass is 383 g/mol. The van der Waals surface area contributed by atoms with E-state index in [0.717, 1.165) is 55.7 Å². The second-order valence-corrected chi connectivity index (χ2v) is 7.61. The summed E-state index contributed by atoms with van der Waals surface area (Å²) in [7, 11) is 0. The normalized spacial score (nSPS) is 17.4. The number of hydrogen-bond donors (Lipinski definition) is 2. The maximum Gasteiger partial charge on any atom is 0.171 e. The van der Waals surface area contributed by atoms with Crippen molar-refractivity contribution in [3.63, 3.8) is 0 Å². The van der Waals surface area contributed by atoms with Gasteiger partial charge in [0.05, 0.1) is 18.5 Å². The topological polar surface area (TPSA) is 62.3 Å². The SMILES string of the molecule is S=C(Nc1cccnc1)NC1CCN(c2cc(OCC3CC3)ccn2)CC1. The van der Waals surface area contributed by atoms with Crippen molar-refractivity contribution in [2.24, 2.45) is 5.92 Å². The molecule has 1 aliphatic heterocycles. The van der Waals surface area contributed by atoms with Crippen molar-refractivity contribution in [2.45, 2.75) is 31.7 Å². The zero-order chi connectivity index (χ0) is 18.5. The van der Waals surface area contributed by atoms with Gasteiger partial charge in [-0.2, -0.15) is 0 Å². The van der Waals surface area contributed by atoms with E-state index in [-0.39, 0.29) is 0 Å². The minimum absolute atomic E-state index is 0.368. The molecule has 142 valence electrons. The van der Waals surface area contributed by atoms with Crippen LogP contribution in [-0.2, 0) is 0 Å². The lowest BCUT2D eigenvalue weighted by molar-refractivity contribution is 0.299. The Morgan fingerprint density at radius 3 is 2.78 bits per heavy atom. The molecular weight excluding hydrogens is 358 g/mol. The number of hydrogen-bond acceptors (Lipinski definition) is 5. The van der Waals surface area contributed by atoms with E-state index in [1.54, 1.807) is 12.4 Å². The fourth-order valence-electron chi connectivity index (χ4n) is 3.20. The number of rotatable bonds is 6. The highest BCUT2D eigenvalue weighted by Crippen LogP contribution is 2.30. The van der Waals surface area contributed by atoms with Gasteiger partial charge in [-0.05, 0) is 62.0 Å². The zero-order valence-electron chi connectivity index (χ0n) is 15.3. The van der Waals surface area contributed by atoms with Crippen LogP contribution in [-0.4, -0.2) is 40.8 Å². The van der Waals surface area contributed by atoms with Gasteiger partial charge in [0.2, 0.25) is 0 Å². The summed E-state index contributed by atoms with van der Waals surface area (Å²) < 4.78 is 5.88. The van der Waals surface area contributed by atoms with Crippen LogP contribution < -0.4 is 20.3 Å². The molecule has 0 atom stereocenters. The summed E-state index contributed by atoms with van der Waals surface area (Å²) in [5.74, 6) is 2.68. The van der Waals surface area contributed by atoms with Crippen LogP contribution in [0.1, 0.15) is 25.7 Å². The molecule has 7 heteroatoms. The molecule has 2 fully saturated rings. The van der Waals surface area contributed by atoms with Gasteiger partial charge in [0.15, 0.2) is 5.11 Å². The lowest BCUT2D eigenvalue weighted by atomic mass is 10.1. The summed E-state index contributed by atoms with van der Waals surface area (Å²) in [5, 5.41) is 7.24. The number of piperidine rings is 1. The fraction of sp³-hybridized carbons (Fsp3) is 0.450. The molecule has 4 rings (SSSR count). The molecule has 1 saturated heterocycles. The molecule has 0 aromatic carbocycles. The number of ether oxygens (including phenoxy) is 1. The highest BCUT2D eigenvalue weighted by Gasteiger charge is 2.23. The predicted molar refractivity (Wildman–Crippen MR) is 111 cm³/mol. The third kappa shape index (κ3) is 5.29. The van der Waals surface area contributed by atoms with Gasteiger partial charge in [-0.1, -0.05) is 0 Å². The fourth-order valence-corrected chi connectivity index (χ4v) is 3.49. The lowest BCUT2D eigenvalue weighted by Crippen LogP contribution is -2.46. The molecule has 1 saturated carbocycles. The van der Waals surface area contributed by atoms with Crippen molar-refractivity contribution in [2.75, 3.05) is 29.9 Å². The van der Waals surface area contributed by atoms with Gasteiger partial charge >= 0.3 is 0 Å². The standard InChI is InChI=1S/C20H25N5OS/c27-20(24-17-2-1-8-21-13-17)23-16-6-10-25(11-7-16)19-12-18(5-9-22-19)26-14-15-3-4-15/h1-2,5,8-9,12-13,15-16H,3-4,6-7,10-11,14H2,(H2,23,24,27). The predicted octanol–water partition coefficient (Wildman–Crippen LogP) is 3.22. The van der Waals surface area contributed by atoms with Gasteiger partial charge in [-0.3, -0.25) is 4.98 Å². The van der Waals surface area contributed by atoms with E-state index < -0.39 is 0 Å². The van der Waals surface area contributed by atoms with Gasteiger partial charge in [0.25, 0.3) is 0 Å². The average molecular weight is 384 g/mol.